The summed E-state index contributed by atoms with van der Waals surface area (Å²) >= 11 is 0. The first-order valence-corrected chi connectivity index (χ1v) is 8.52. The van der Waals surface area contributed by atoms with E-state index < -0.39 is 0 Å². The van der Waals surface area contributed by atoms with Gasteiger partial charge in [0, 0.05) is 17.5 Å². The van der Waals surface area contributed by atoms with Crippen molar-refractivity contribution in [1.82, 2.24) is 0 Å². The van der Waals surface area contributed by atoms with Gasteiger partial charge in [-0.15, -0.1) is 0 Å². The first kappa shape index (κ1) is 16.3. The van der Waals surface area contributed by atoms with Crippen LogP contribution in [-0.4, -0.2) is 17.8 Å². The molecule has 0 amide bonds. The number of nitrogens with one attached hydrogen (secondary N) is 1. The van der Waals surface area contributed by atoms with Crippen molar-refractivity contribution in [3.05, 3.63) is 71.8 Å². The fourth-order valence-electron chi connectivity index (χ4n) is 3.19. The minimum atomic E-state index is -0.331. The minimum absolute atomic E-state index is 0.331. The predicted octanol–water partition coefficient (Wildman–Crippen LogP) is 2.64. The summed E-state index contributed by atoms with van der Waals surface area (Å²) in [7, 11) is 0. The van der Waals surface area contributed by atoms with Gasteiger partial charge in [0.2, 0.25) is 5.71 Å². The molecule has 1 heterocycles. The molecule has 3 nitrogen and oxygen atoms in total. The quantitative estimate of drug-likeness (QED) is 0.619. The number of benzene rings is 2. The number of aliphatic imine (C=N–C) groups is 1. The van der Waals surface area contributed by atoms with Crippen LogP contribution in [0.4, 0.5) is 0 Å². The highest BCUT2D eigenvalue weighted by atomic mass is 16.1. The molecule has 0 radical (unpaired) electrons. The summed E-state index contributed by atoms with van der Waals surface area (Å²) in [6.45, 7) is 2.19. The van der Waals surface area contributed by atoms with Gasteiger partial charge in [0.15, 0.2) is 5.54 Å². The van der Waals surface area contributed by atoms with Gasteiger partial charge in [-0.25, -0.2) is 0 Å². The topological polar surface area (TPSA) is 43.4 Å². The molecule has 1 aliphatic rings. The van der Waals surface area contributed by atoms with E-state index in [4.69, 9.17) is 4.99 Å². The van der Waals surface area contributed by atoms with E-state index in [9.17, 15) is 4.79 Å². The van der Waals surface area contributed by atoms with Gasteiger partial charge in [-0.2, -0.15) is 0 Å². The molecule has 0 saturated heterocycles. The van der Waals surface area contributed by atoms with E-state index in [1.165, 1.54) is 5.56 Å². The summed E-state index contributed by atoms with van der Waals surface area (Å²) in [6.07, 6.45) is 4.36. The zero-order chi connectivity index (χ0) is 16.8. The normalized spacial score (nSPS) is 19.7. The predicted molar refractivity (Wildman–Crippen MR) is 97.3 cm³/mol. The maximum Gasteiger partial charge on any atom is 0.293 e. The van der Waals surface area contributed by atoms with Crippen LogP contribution >= 0.6 is 0 Å². The molecular weight excluding hydrogens is 296 g/mol. The number of carbonyl (C=O) groups is 1. The van der Waals surface area contributed by atoms with Gasteiger partial charge in [-0.3, -0.25) is 4.99 Å². The van der Waals surface area contributed by atoms with E-state index >= 15 is 0 Å². The van der Waals surface area contributed by atoms with Crippen LogP contribution in [0, 0.1) is 0 Å². The summed E-state index contributed by atoms with van der Waals surface area (Å²) in [5.74, 6) is 1.01. The van der Waals surface area contributed by atoms with Crippen LogP contribution in [0.5, 0.6) is 0 Å². The Hall–Kier alpha value is -2.55. The second kappa shape index (κ2) is 7.35. The van der Waals surface area contributed by atoms with Crippen molar-refractivity contribution in [1.29, 1.82) is 0 Å². The molecule has 0 spiro atoms. The van der Waals surface area contributed by atoms with E-state index in [2.05, 4.69) is 48.3 Å². The van der Waals surface area contributed by atoms with Crippen LogP contribution in [0.1, 0.15) is 43.7 Å². The van der Waals surface area contributed by atoms with Gasteiger partial charge in [-0.05, 0) is 24.8 Å². The Bertz CT molecular complexity index is 750. The van der Waals surface area contributed by atoms with E-state index in [-0.39, 0.29) is 5.54 Å². The fraction of sp³-hybridized carbons (Fsp3) is 0.286. The standard InChI is InChI=1S/C21H22N2O/c1-21(18-13-7-3-8-14-18)20(17-11-5-2-6-12-17)22-19(23-21)15-9-4-10-16-24/h2-3,5-8,11-14,16H,4,9-10,15H2,1H3/p+1. The molecule has 122 valence electrons. The zero-order valence-electron chi connectivity index (χ0n) is 14.0. The average molecular weight is 319 g/mol. The molecule has 0 aromatic heterocycles. The molecule has 0 bridgehead atoms. The van der Waals surface area contributed by atoms with Crippen LogP contribution < -0.4 is 4.99 Å². The van der Waals surface area contributed by atoms with Crippen molar-refractivity contribution in [2.75, 3.05) is 0 Å². The van der Waals surface area contributed by atoms with Gasteiger partial charge < -0.3 is 4.79 Å². The first-order chi connectivity index (χ1) is 11.7. The third-order valence-corrected chi connectivity index (χ3v) is 4.50. The van der Waals surface area contributed by atoms with Crippen LogP contribution in [-0.2, 0) is 10.3 Å². The average Bonchev–Trinajstić information content (AvgIpc) is 2.98. The lowest BCUT2D eigenvalue weighted by atomic mass is 9.84. The van der Waals surface area contributed by atoms with Crippen LogP contribution in [0.25, 0.3) is 0 Å². The highest BCUT2D eigenvalue weighted by molar-refractivity contribution is 6.13. The number of carbonyl (C=O) groups excluding carboxylic acids is 1. The first-order valence-electron chi connectivity index (χ1n) is 8.52. The van der Waals surface area contributed by atoms with Crippen molar-refractivity contribution in [3.63, 3.8) is 0 Å². The number of rotatable bonds is 7. The highest BCUT2D eigenvalue weighted by Gasteiger charge is 2.44. The molecular formula is C21H23N2O+. The molecule has 24 heavy (non-hydrogen) atoms. The van der Waals surface area contributed by atoms with Gasteiger partial charge in [0.25, 0.3) is 5.84 Å². The SMILES string of the molecule is CC1(c2ccccc2)[NH+]=C(CCCCC=O)N=C1c1ccccc1. The molecule has 3 rings (SSSR count). The van der Waals surface area contributed by atoms with Gasteiger partial charge in [-0.1, -0.05) is 60.7 Å². The Morgan fingerprint density at radius 1 is 1.00 bits per heavy atom. The minimum Gasteiger partial charge on any atom is -0.303 e. The Labute approximate surface area is 143 Å². The maximum atomic E-state index is 10.5. The largest absolute Gasteiger partial charge is 0.303 e. The van der Waals surface area contributed by atoms with Crippen molar-refractivity contribution in [2.45, 2.75) is 38.1 Å². The Balaban J connectivity index is 1.93. The number of amidine groups is 1. The van der Waals surface area contributed by atoms with E-state index in [0.717, 1.165) is 42.7 Å². The van der Waals surface area contributed by atoms with Crippen molar-refractivity contribution in [2.24, 2.45) is 4.99 Å². The van der Waals surface area contributed by atoms with E-state index in [1.807, 2.05) is 24.3 Å². The molecule has 3 heteroatoms. The molecule has 0 saturated carbocycles. The smallest absolute Gasteiger partial charge is 0.293 e. The van der Waals surface area contributed by atoms with Gasteiger partial charge in [0.05, 0.1) is 6.42 Å². The van der Waals surface area contributed by atoms with Crippen LogP contribution in [0.15, 0.2) is 65.7 Å². The third kappa shape index (κ3) is 3.35. The second-order valence-electron chi connectivity index (χ2n) is 6.30. The maximum absolute atomic E-state index is 10.5. The van der Waals surface area contributed by atoms with Crippen molar-refractivity contribution >= 4 is 17.8 Å². The lowest BCUT2D eigenvalue weighted by Gasteiger charge is -2.19. The number of hydrogen-bond acceptors (Lipinski definition) is 2. The van der Waals surface area contributed by atoms with E-state index in [0.29, 0.717) is 6.42 Å². The Morgan fingerprint density at radius 2 is 1.67 bits per heavy atom. The van der Waals surface area contributed by atoms with Crippen molar-refractivity contribution in [3.8, 4) is 0 Å². The molecule has 0 aliphatic carbocycles. The van der Waals surface area contributed by atoms with E-state index in [1.54, 1.807) is 0 Å². The molecule has 1 N–H and O–H groups in total. The molecule has 2 aromatic rings. The summed E-state index contributed by atoms with van der Waals surface area (Å²) < 4.78 is 0. The number of aldehydes is 1. The molecule has 1 atom stereocenters. The summed E-state index contributed by atoms with van der Waals surface area (Å²) in [5, 5.41) is 0. The Morgan fingerprint density at radius 3 is 2.33 bits per heavy atom. The lowest BCUT2D eigenvalue weighted by molar-refractivity contribution is -0.530. The number of nitrogens with zero attached hydrogens (tertiary/aromatic N) is 1. The zero-order valence-corrected chi connectivity index (χ0v) is 14.0. The number of unbranched alkanes of at least 4 members (excludes halogenated alkanes) is 2. The van der Waals surface area contributed by atoms with Crippen LogP contribution in [0.2, 0.25) is 0 Å². The van der Waals surface area contributed by atoms with Crippen LogP contribution in [0.3, 0.4) is 0 Å². The molecule has 1 aliphatic heterocycles. The van der Waals surface area contributed by atoms with Crippen molar-refractivity contribution < 1.29 is 9.79 Å². The lowest BCUT2D eigenvalue weighted by Crippen LogP contribution is -2.84. The summed E-state index contributed by atoms with van der Waals surface area (Å²) in [5.41, 5.74) is 3.07. The molecule has 0 fully saturated rings. The summed E-state index contributed by atoms with van der Waals surface area (Å²) in [4.78, 5) is 19.0. The molecule has 1 unspecified atom stereocenters. The third-order valence-electron chi connectivity index (χ3n) is 4.50. The second-order valence-corrected chi connectivity index (χ2v) is 6.30. The highest BCUT2D eigenvalue weighted by Crippen LogP contribution is 2.25. The monoisotopic (exact) mass is 319 g/mol. The summed E-state index contributed by atoms with van der Waals surface area (Å²) in [6, 6.07) is 20.8. The number of hydrogen-bond donors (Lipinski definition) is 1. The fourth-order valence-corrected chi connectivity index (χ4v) is 3.19. The Kier molecular flexibility index (Phi) is 4.99. The molecule has 2 aromatic carbocycles. The van der Waals surface area contributed by atoms with Gasteiger partial charge >= 0.3 is 0 Å². The van der Waals surface area contributed by atoms with Gasteiger partial charge in [0.1, 0.15) is 6.29 Å².